The second-order valence-electron chi connectivity index (χ2n) is 6.70. The fourth-order valence-electron chi connectivity index (χ4n) is 3.12. The lowest BCUT2D eigenvalue weighted by Gasteiger charge is -2.19. The molecule has 5 heteroatoms. The van der Waals surface area contributed by atoms with E-state index in [1.165, 1.54) is 0 Å². The maximum absolute atomic E-state index is 12.3. The zero-order chi connectivity index (χ0) is 19.8. The van der Waals surface area contributed by atoms with Crippen LogP contribution in [0.3, 0.4) is 0 Å². The zero-order valence-electron chi connectivity index (χ0n) is 16.0. The first-order chi connectivity index (χ1) is 13.7. The Kier molecular flexibility index (Phi) is 7.00. The van der Waals surface area contributed by atoms with Crippen molar-refractivity contribution in [3.05, 3.63) is 83.4 Å². The van der Waals surface area contributed by atoms with Gasteiger partial charge in [-0.25, -0.2) is 4.79 Å². The average Bonchev–Trinajstić information content (AvgIpc) is 2.73. The number of carbonyl (C=O) groups is 1. The van der Waals surface area contributed by atoms with E-state index in [0.29, 0.717) is 13.1 Å². The van der Waals surface area contributed by atoms with E-state index >= 15 is 0 Å². The number of aliphatic hydroxyl groups excluding tert-OH is 1. The summed E-state index contributed by atoms with van der Waals surface area (Å²) in [6.45, 7) is 2.95. The van der Waals surface area contributed by atoms with E-state index in [1.807, 2.05) is 55.5 Å². The lowest BCUT2D eigenvalue weighted by atomic mass is 10.0. The summed E-state index contributed by atoms with van der Waals surface area (Å²) >= 11 is 0. The Morgan fingerprint density at radius 1 is 1.00 bits per heavy atom. The molecule has 5 nitrogen and oxygen atoms in total. The number of ether oxygens (including phenoxy) is 1. The van der Waals surface area contributed by atoms with Gasteiger partial charge in [0.15, 0.2) is 0 Å². The van der Waals surface area contributed by atoms with Crippen LogP contribution in [0.25, 0.3) is 10.8 Å². The summed E-state index contributed by atoms with van der Waals surface area (Å²) in [7, 11) is 0. The van der Waals surface area contributed by atoms with Gasteiger partial charge in [0.05, 0.1) is 19.3 Å². The van der Waals surface area contributed by atoms with Gasteiger partial charge in [0.25, 0.3) is 0 Å². The van der Waals surface area contributed by atoms with Crippen LogP contribution in [0, 0.1) is 6.92 Å². The molecule has 3 aromatic rings. The van der Waals surface area contributed by atoms with Crippen molar-refractivity contribution in [2.75, 3.05) is 19.8 Å². The van der Waals surface area contributed by atoms with Crippen LogP contribution in [0.5, 0.6) is 0 Å². The minimum Gasteiger partial charge on any atom is -0.394 e. The van der Waals surface area contributed by atoms with Crippen molar-refractivity contribution < 1.29 is 14.6 Å². The standard InChI is InChI=1S/C23H26N2O3/c1-17-9-11-19(12-10-17)22(28-14-13-26)16-25-23(27)24-15-20-7-4-6-18-5-2-3-8-21(18)20/h2-12,22,26H,13-16H2,1H3,(H2,24,25,27). The molecule has 1 unspecified atom stereocenters. The number of amides is 2. The van der Waals surface area contributed by atoms with Gasteiger partial charge in [0.2, 0.25) is 0 Å². The number of carbonyl (C=O) groups excluding carboxylic acids is 1. The Morgan fingerprint density at radius 3 is 2.54 bits per heavy atom. The molecule has 0 saturated carbocycles. The Balaban J connectivity index is 1.57. The van der Waals surface area contributed by atoms with Crippen LogP contribution >= 0.6 is 0 Å². The highest BCUT2D eigenvalue weighted by atomic mass is 16.5. The van der Waals surface area contributed by atoms with Gasteiger partial charge < -0.3 is 20.5 Å². The van der Waals surface area contributed by atoms with Crippen molar-refractivity contribution in [3.63, 3.8) is 0 Å². The molecule has 3 aromatic carbocycles. The van der Waals surface area contributed by atoms with Crippen LogP contribution < -0.4 is 10.6 Å². The quantitative estimate of drug-likeness (QED) is 0.560. The Labute approximate surface area is 165 Å². The molecule has 0 aliphatic carbocycles. The van der Waals surface area contributed by atoms with Gasteiger partial charge in [-0.3, -0.25) is 0 Å². The maximum atomic E-state index is 12.3. The van der Waals surface area contributed by atoms with Crippen LogP contribution in [0.4, 0.5) is 4.79 Å². The van der Waals surface area contributed by atoms with Gasteiger partial charge in [-0.1, -0.05) is 72.3 Å². The van der Waals surface area contributed by atoms with Crippen LogP contribution in [0.2, 0.25) is 0 Å². The molecule has 3 N–H and O–H groups in total. The van der Waals surface area contributed by atoms with Crippen molar-refractivity contribution in [2.24, 2.45) is 0 Å². The summed E-state index contributed by atoms with van der Waals surface area (Å²) in [4.78, 5) is 12.3. The van der Waals surface area contributed by atoms with Crippen molar-refractivity contribution in [1.82, 2.24) is 10.6 Å². The normalized spacial score (nSPS) is 11.9. The number of benzene rings is 3. The monoisotopic (exact) mass is 378 g/mol. The number of hydrogen-bond acceptors (Lipinski definition) is 3. The minimum atomic E-state index is -0.309. The largest absolute Gasteiger partial charge is 0.394 e. The van der Waals surface area contributed by atoms with Crippen molar-refractivity contribution >= 4 is 16.8 Å². The topological polar surface area (TPSA) is 70.6 Å². The van der Waals surface area contributed by atoms with Crippen molar-refractivity contribution in [1.29, 1.82) is 0 Å². The molecular weight excluding hydrogens is 352 g/mol. The lowest BCUT2D eigenvalue weighted by molar-refractivity contribution is 0.0294. The number of rotatable bonds is 8. The Bertz CT molecular complexity index is 904. The van der Waals surface area contributed by atoms with E-state index in [2.05, 4.69) is 28.8 Å². The first-order valence-electron chi connectivity index (χ1n) is 9.45. The summed E-state index contributed by atoms with van der Waals surface area (Å²) in [5, 5.41) is 17.1. The van der Waals surface area contributed by atoms with Gasteiger partial charge in [-0.15, -0.1) is 0 Å². The first-order valence-corrected chi connectivity index (χ1v) is 9.45. The van der Waals surface area contributed by atoms with Crippen LogP contribution in [0.15, 0.2) is 66.7 Å². The molecular formula is C23H26N2O3. The van der Waals surface area contributed by atoms with Gasteiger partial charge in [0, 0.05) is 13.1 Å². The molecule has 0 spiro atoms. The molecule has 0 fully saturated rings. The summed E-state index contributed by atoms with van der Waals surface area (Å²) in [6, 6.07) is 21.9. The second-order valence-corrected chi connectivity index (χ2v) is 6.70. The molecule has 1 atom stereocenters. The highest BCUT2D eigenvalue weighted by molar-refractivity contribution is 5.86. The third-order valence-corrected chi connectivity index (χ3v) is 4.63. The third-order valence-electron chi connectivity index (χ3n) is 4.63. The van der Waals surface area contributed by atoms with E-state index in [-0.39, 0.29) is 25.3 Å². The number of fused-ring (bicyclic) bond motifs is 1. The summed E-state index contributed by atoms with van der Waals surface area (Å²) in [5.41, 5.74) is 3.19. The molecule has 0 saturated heterocycles. The average molecular weight is 378 g/mol. The number of nitrogens with one attached hydrogen (secondary N) is 2. The predicted molar refractivity (Wildman–Crippen MR) is 111 cm³/mol. The fraction of sp³-hybridized carbons (Fsp3) is 0.261. The van der Waals surface area contributed by atoms with E-state index in [9.17, 15) is 4.79 Å². The Hall–Kier alpha value is -2.89. The zero-order valence-corrected chi connectivity index (χ0v) is 16.0. The first kappa shape index (κ1) is 19.9. The van der Waals surface area contributed by atoms with Gasteiger partial charge in [-0.2, -0.15) is 0 Å². The van der Waals surface area contributed by atoms with Crippen LogP contribution in [-0.4, -0.2) is 30.9 Å². The van der Waals surface area contributed by atoms with E-state index < -0.39 is 0 Å². The smallest absolute Gasteiger partial charge is 0.315 e. The Morgan fingerprint density at radius 2 is 1.75 bits per heavy atom. The number of aryl methyl sites for hydroxylation is 1. The highest BCUT2D eigenvalue weighted by Crippen LogP contribution is 2.19. The SMILES string of the molecule is Cc1ccc(C(CNC(=O)NCc2cccc3ccccc23)OCCO)cc1. The van der Waals surface area contributed by atoms with Crippen LogP contribution in [-0.2, 0) is 11.3 Å². The molecule has 28 heavy (non-hydrogen) atoms. The predicted octanol–water partition coefficient (Wildman–Crippen LogP) is 3.70. The summed E-state index contributed by atoms with van der Waals surface area (Å²) in [6.07, 6.45) is -0.309. The molecule has 0 aliphatic heterocycles. The van der Waals surface area contributed by atoms with Crippen molar-refractivity contribution in [3.8, 4) is 0 Å². The fourth-order valence-corrected chi connectivity index (χ4v) is 3.12. The lowest BCUT2D eigenvalue weighted by Crippen LogP contribution is -2.38. The van der Waals surface area contributed by atoms with Crippen molar-refractivity contribution in [2.45, 2.75) is 19.6 Å². The van der Waals surface area contributed by atoms with Gasteiger partial charge >= 0.3 is 6.03 Å². The molecule has 0 aromatic heterocycles. The molecule has 0 bridgehead atoms. The number of hydrogen-bond donors (Lipinski definition) is 3. The third kappa shape index (κ3) is 5.31. The van der Waals surface area contributed by atoms with Gasteiger partial charge in [-0.05, 0) is 28.8 Å². The number of urea groups is 1. The summed E-state index contributed by atoms with van der Waals surface area (Å²) < 4.78 is 5.70. The maximum Gasteiger partial charge on any atom is 0.315 e. The molecule has 3 rings (SSSR count). The van der Waals surface area contributed by atoms with Gasteiger partial charge in [0.1, 0.15) is 0 Å². The van der Waals surface area contributed by atoms with Crippen LogP contribution in [0.1, 0.15) is 22.8 Å². The number of aliphatic hydroxyl groups is 1. The van der Waals surface area contributed by atoms with E-state index in [0.717, 1.165) is 27.5 Å². The molecule has 2 amide bonds. The molecule has 146 valence electrons. The second kappa shape index (κ2) is 9.88. The molecule has 0 radical (unpaired) electrons. The minimum absolute atomic E-state index is 0.0599. The van der Waals surface area contributed by atoms with E-state index in [1.54, 1.807) is 0 Å². The van der Waals surface area contributed by atoms with E-state index in [4.69, 9.17) is 9.84 Å². The summed E-state index contributed by atoms with van der Waals surface area (Å²) in [5.74, 6) is 0. The molecule has 0 aliphatic rings. The highest BCUT2D eigenvalue weighted by Gasteiger charge is 2.13. The molecule has 0 heterocycles.